The van der Waals surface area contributed by atoms with Gasteiger partial charge in [0.15, 0.2) is 0 Å². The van der Waals surface area contributed by atoms with Gasteiger partial charge in [-0.05, 0) is 71.2 Å². The van der Waals surface area contributed by atoms with Gasteiger partial charge in [-0.3, -0.25) is 9.78 Å². The topological polar surface area (TPSA) is 69.5 Å². The van der Waals surface area contributed by atoms with E-state index < -0.39 is 13.5 Å². The van der Waals surface area contributed by atoms with Crippen LogP contribution in [0, 0.1) is 0 Å². The third kappa shape index (κ3) is 5.90. The van der Waals surface area contributed by atoms with Gasteiger partial charge in [-0.15, -0.1) is 0 Å². The summed E-state index contributed by atoms with van der Waals surface area (Å²) >= 11 is 3.63. The molecule has 1 amide bonds. The van der Waals surface area contributed by atoms with E-state index in [0.29, 0.717) is 32.8 Å². The number of aromatic nitrogens is 3. The van der Waals surface area contributed by atoms with Crippen LogP contribution in [0.4, 0.5) is 0 Å². The average Bonchev–Trinajstić information content (AvgIpc) is 3.40. The summed E-state index contributed by atoms with van der Waals surface area (Å²) in [6, 6.07) is 14.8. The van der Waals surface area contributed by atoms with Crippen LogP contribution in [0.1, 0.15) is 24.6 Å². The number of ether oxygens (including phenoxy) is 2. The number of rotatable bonds is 10. The van der Waals surface area contributed by atoms with Gasteiger partial charge < -0.3 is 14.4 Å². The van der Waals surface area contributed by atoms with E-state index in [1.807, 2.05) is 59.0 Å². The summed E-state index contributed by atoms with van der Waals surface area (Å²) in [6.45, 7) is 11.3. The number of nitrogens with zero attached hydrogens (tertiary/aromatic N) is 4. The van der Waals surface area contributed by atoms with E-state index in [4.69, 9.17) is 14.6 Å². The summed E-state index contributed by atoms with van der Waals surface area (Å²) in [5.41, 5.74) is 2.76. The van der Waals surface area contributed by atoms with Gasteiger partial charge in [0.05, 0.1) is 23.9 Å². The van der Waals surface area contributed by atoms with Gasteiger partial charge in [-0.25, -0.2) is 4.68 Å². The van der Waals surface area contributed by atoms with E-state index in [1.165, 1.54) is 0 Å². The number of likely N-dealkylation sites (tertiary alicyclic amines) is 1. The lowest BCUT2D eigenvalue weighted by Crippen LogP contribution is -2.35. The van der Waals surface area contributed by atoms with Crippen molar-refractivity contribution in [1.29, 1.82) is 0 Å². The molecule has 0 bridgehead atoms. The SMILES string of the molecule is COc1ccc(CN2CCC(C)(c3cc(-c4ncccc4Br)n(COCC[Si](C)(C)C)n3)C2=O)cc1. The zero-order valence-electron chi connectivity index (χ0n) is 21.8. The fourth-order valence-corrected chi connectivity index (χ4v) is 5.55. The summed E-state index contributed by atoms with van der Waals surface area (Å²) in [7, 11) is 0.455. The summed E-state index contributed by atoms with van der Waals surface area (Å²) in [5, 5.41) is 4.91. The van der Waals surface area contributed by atoms with Gasteiger partial charge in [-0.2, -0.15) is 5.10 Å². The highest BCUT2D eigenvalue weighted by Crippen LogP contribution is 2.38. The Balaban J connectivity index is 1.57. The van der Waals surface area contributed by atoms with Crippen molar-refractivity contribution >= 4 is 29.9 Å². The molecule has 0 radical (unpaired) electrons. The van der Waals surface area contributed by atoms with Crippen molar-refractivity contribution in [2.75, 3.05) is 20.3 Å². The van der Waals surface area contributed by atoms with Crippen LogP contribution in [0.2, 0.25) is 25.7 Å². The summed E-state index contributed by atoms with van der Waals surface area (Å²) in [4.78, 5) is 20.1. The summed E-state index contributed by atoms with van der Waals surface area (Å²) in [5.74, 6) is 0.899. The molecule has 4 rings (SSSR count). The van der Waals surface area contributed by atoms with Gasteiger partial charge in [0.1, 0.15) is 18.2 Å². The number of benzene rings is 1. The zero-order valence-corrected chi connectivity index (χ0v) is 24.3. The standard InChI is InChI=1S/C27H35BrN4O3Si/c1-27(12-14-31(26(27)33)18-20-8-10-21(34-2)11-9-20)24-17-23(25-22(28)7-6-13-29-25)32(30-24)19-35-15-16-36(3,4)5/h6-11,13,17H,12,14-16,18-19H2,1-5H3. The van der Waals surface area contributed by atoms with Crippen LogP contribution in [0.5, 0.6) is 5.75 Å². The first-order valence-corrected chi connectivity index (χ1v) is 16.8. The predicted molar refractivity (Wildman–Crippen MR) is 148 cm³/mol. The molecule has 1 aliphatic rings. The van der Waals surface area contributed by atoms with Crippen molar-refractivity contribution in [3.63, 3.8) is 0 Å². The second-order valence-electron chi connectivity index (χ2n) is 10.8. The van der Waals surface area contributed by atoms with E-state index in [9.17, 15) is 4.79 Å². The Morgan fingerprint density at radius 1 is 1.17 bits per heavy atom. The smallest absolute Gasteiger partial charge is 0.234 e. The maximum atomic E-state index is 13.7. The highest BCUT2D eigenvalue weighted by Gasteiger charge is 2.46. The maximum absolute atomic E-state index is 13.7. The molecule has 1 aromatic carbocycles. The fraction of sp³-hybridized carbons (Fsp3) is 0.444. The highest BCUT2D eigenvalue weighted by molar-refractivity contribution is 9.10. The van der Waals surface area contributed by atoms with Gasteiger partial charge >= 0.3 is 0 Å². The van der Waals surface area contributed by atoms with Gasteiger partial charge in [0, 0.05) is 38.4 Å². The quantitative estimate of drug-likeness (QED) is 0.230. The normalized spacial score (nSPS) is 18.2. The zero-order chi connectivity index (χ0) is 25.9. The largest absolute Gasteiger partial charge is 0.497 e. The molecular weight excluding hydrogens is 536 g/mol. The molecule has 3 heterocycles. The number of carbonyl (C=O) groups is 1. The van der Waals surface area contributed by atoms with E-state index in [-0.39, 0.29) is 5.91 Å². The first-order valence-electron chi connectivity index (χ1n) is 12.3. The molecule has 3 aromatic rings. The predicted octanol–water partition coefficient (Wildman–Crippen LogP) is 5.72. The first kappa shape index (κ1) is 26.6. The highest BCUT2D eigenvalue weighted by atomic mass is 79.9. The Hall–Kier alpha value is -2.49. The Labute approximate surface area is 223 Å². The second kappa shape index (κ2) is 10.9. The molecule has 7 nitrogen and oxygen atoms in total. The molecule has 1 saturated heterocycles. The number of pyridine rings is 1. The molecule has 0 N–H and O–H groups in total. The minimum Gasteiger partial charge on any atom is -0.497 e. The lowest BCUT2D eigenvalue weighted by atomic mass is 9.85. The Bertz CT molecular complexity index is 1210. The molecule has 0 spiro atoms. The number of methoxy groups -OCH3 is 1. The average molecular weight is 572 g/mol. The molecule has 1 atom stereocenters. The second-order valence-corrected chi connectivity index (χ2v) is 17.2. The van der Waals surface area contributed by atoms with Crippen molar-refractivity contribution in [2.45, 2.75) is 57.7 Å². The molecular formula is C27H35BrN4O3Si. The third-order valence-electron chi connectivity index (χ3n) is 6.73. The van der Waals surface area contributed by atoms with Crippen LogP contribution in [0.15, 0.2) is 53.1 Å². The number of halogens is 1. The van der Waals surface area contributed by atoms with Crippen LogP contribution < -0.4 is 4.74 Å². The van der Waals surface area contributed by atoms with E-state index in [0.717, 1.165) is 38.9 Å². The Morgan fingerprint density at radius 3 is 2.58 bits per heavy atom. The molecule has 1 aliphatic heterocycles. The molecule has 36 heavy (non-hydrogen) atoms. The number of amides is 1. The number of hydrogen-bond acceptors (Lipinski definition) is 5. The monoisotopic (exact) mass is 570 g/mol. The van der Waals surface area contributed by atoms with Crippen LogP contribution in [-0.2, 0) is 28.2 Å². The van der Waals surface area contributed by atoms with E-state index in [1.54, 1.807) is 13.3 Å². The van der Waals surface area contributed by atoms with Crippen molar-refractivity contribution in [1.82, 2.24) is 19.7 Å². The third-order valence-corrected chi connectivity index (χ3v) is 9.07. The van der Waals surface area contributed by atoms with Gasteiger partial charge in [0.25, 0.3) is 0 Å². The molecule has 0 aliphatic carbocycles. The van der Waals surface area contributed by atoms with Crippen LogP contribution in [0.3, 0.4) is 0 Å². The first-order chi connectivity index (χ1) is 17.1. The molecule has 192 valence electrons. The van der Waals surface area contributed by atoms with Gasteiger partial charge in [0.2, 0.25) is 5.91 Å². The maximum Gasteiger partial charge on any atom is 0.234 e. The van der Waals surface area contributed by atoms with Crippen molar-refractivity contribution in [3.05, 3.63) is 64.4 Å². The summed E-state index contributed by atoms with van der Waals surface area (Å²) in [6.07, 6.45) is 2.47. The molecule has 9 heteroatoms. The van der Waals surface area contributed by atoms with Crippen molar-refractivity contribution in [3.8, 4) is 17.1 Å². The van der Waals surface area contributed by atoms with Gasteiger partial charge in [-0.1, -0.05) is 31.8 Å². The molecule has 2 aromatic heterocycles. The minimum atomic E-state index is -1.20. The Kier molecular flexibility index (Phi) is 8.02. The molecule has 0 saturated carbocycles. The Morgan fingerprint density at radius 2 is 1.92 bits per heavy atom. The van der Waals surface area contributed by atoms with E-state index >= 15 is 0 Å². The van der Waals surface area contributed by atoms with Crippen molar-refractivity contribution < 1.29 is 14.3 Å². The lowest BCUT2D eigenvalue weighted by molar-refractivity contribution is -0.132. The summed E-state index contributed by atoms with van der Waals surface area (Å²) < 4.78 is 14.0. The molecule has 1 unspecified atom stereocenters. The minimum absolute atomic E-state index is 0.0919. The van der Waals surface area contributed by atoms with Crippen LogP contribution in [-0.4, -0.2) is 53.9 Å². The van der Waals surface area contributed by atoms with Crippen LogP contribution >= 0.6 is 15.9 Å². The number of hydrogen-bond donors (Lipinski definition) is 0. The van der Waals surface area contributed by atoms with Crippen molar-refractivity contribution in [2.24, 2.45) is 0 Å². The van der Waals surface area contributed by atoms with Crippen LogP contribution in [0.25, 0.3) is 11.4 Å². The fourth-order valence-electron chi connectivity index (χ4n) is 4.33. The lowest BCUT2D eigenvalue weighted by Gasteiger charge is -2.22. The number of carbonyl (C=O) groups excluding carboxylic acids is 1. The molecule has 1 fully saturated rings. The van der Waals surface area contributed by atoms with E-state index in [2.05, 4.69) is 40.6 Å².